The van der Waals surface area contributed by atoms with E-state index in [9.17, 15) is 0 Å². The standard InChI is InChI=1S/C21H18N2.BrH/c1-3-9-17(10-4-1)15-21-22-19-13-7-8-14-20(19)23(21)16-18-11-5-2-6-12-18;/h1-14H,15-16H2;1H. The maximum absolute atomic E-state index is 3.60. The summed E-state index contributed by atoms with van der Waals surface area (Å²) in [6.07, 6.45) is 0.905. The quantitative estimate of drug-likeness (QED) is 0.513. The van der Waals surface area contributed by atoms with Gasteiger partial charge in [-0.3, -0.25) is 0 Å². The first-order valence-electron chi connectivity index (χ1n) is 7.97. The SMILES string of the molecule is [Br-].c1ccc(Cc2[nH]c3ccccc3[n+]2Cc2ccccc2)cc1. The van der Waals surface area contributed by atoms with E-state index in [2.05, 4.69) is 94.5 Å². The fourth-order valence-corrected chi connectivity index (χ4v) is 3.06. The van der Waals surface area contributed by atoms with Crippen molar-refractivity contribution in [1.82, 2.24) is 4.98 Å². The van der Waals surface area contributed by atoms with Gasteiger partial charge in [0.15, 0.2) is 11.0 Å². The number of para-hydroxylation sites is 2. The first-order chi connectivity index (χ1) is 11.4. The summed E-state index contributed by atoms with van der Waals surface area (Å²) in [5, 5.41) is 0. The molecule has 0 radical (unpaired) electrons. The number of imidazole rings is 1. The molecule has 0 aliphatic rings. The van der Waals surface area contributed by atoms with E-state index in [1.54, 1.807) is 0 Å². The van der Waals surface area contributed by atoms with Gasteiger partial charge in [-0.15, -0.1) is 0 Å². The van der Waals surface area contributed by atoms with Gasteiger partial charge in [0.25, 0.3) is 5.82 Å². The molecule has 4 rings (SSSR count). The molecule has 2 nitrogen and oxygen atoms in total. The van der Waals surface area contributed by atoms with E-state index >= 15 is 0 Å². The van der Waals surface area contributed by atoms with Crippen molar-refractivity contribution >= 4 is 11.0 Å². The van der Waals surface area contributed by atoms with E-state index in [4.69, 9.17) is 0 Å². The van der Waals surface area contributed by atoms with E-state index in [1.165, 1.54) is 28.0 Å². The van der Waals surface area contributed by atoms with E-state index < -0.39 is 0 Å². The summed E-state index contributed by atoms with van der Waals surface area (Å²) in [7, 11) is 0. The molecule has 4 aromatic rings. The number of fused-ring (bicyclic) bond motifs is 1. The van der Waals surface area contributed by atoms with Crippen LogP contribution in [0.1, 0.15) is 17.0 Å². The van der Waals surface area contributed by atoms with Crippen molar-refractivity contribution in [3.8, 4) is 0 Å². The molecule has 0 aliphatic carbocycles. The fraction of sp³-hybridized carbons (Fsp3) is 0.0952. The number of hydrogen-bond donors (Lipinski definition) is 1. The Morgan fingerprint density at radius 2 is 1.25 bits per heavy atom. The average molecular weight is 379 g/mol. The molecule has 1 N–H and O–H groups in total. The molecule has 24 heavy (non-hydrogen) atoms. The first kappa shape index (κ1) is 16.5. The van der Waals surface area contributed by atoms with Crippen LogP contribution >= 0.6 is 0 Å². The largest absolute Gasteiger partial charge is 1.00 e. The van der Waals surface area contributed by atoms with Crippen LogP contribution in [0.4, 0.5) is 0 Å². The molecule has 3 heteroatoms. The summed E-state index contributed by atoms with van der Waals surface area (Å²) in [6, 6.07) is 29.7. The number of aromatic nitrogens is 2. The Labute approximate surface area is 152 Å². The van der Waals surface area contributed by atoms with Crippen molar-refractivity contribution in [3.05, 3.63) is 102 Å². The van der Waals surface area contributed by atoms with Crippen LogP contribution in [0.25, 0.3) is 11.0 Å². The van der Waals surface area contributed by atoms with Crippen LogP contribution in [0.5, 0.6) is 0 Å². The van der Waals surface area contributed by atoms with Gasteiger partial charge in [0, 0.05) is 0 Å². The minimum absolute atomic E-state index is 0. The smallest absolute Gasteiger partial charge is 0.259 e. The van der Waals surface area contributed by atoms with E-state index in [0.29, 0.717) is 0 Å². The maximum atomic E-state index is 3.60. The molecule has 0 saturated heterocycles. The Morgan fingerprint density at radius 3 is 1.96 bits per heavy atom. The Kier molecular flexibility index (Phi) is 5.11. The third-order valence-electron chi connectivity index (χ3n) is 4.20. The topological polar surface area (TPSA) is 19.7 Å². The van der Waals surface area contributed by atoms with Crippen molar-refractivity contribution in [2.24, 2.45) is 0 Å². The Bertz CT molecular complexity index is 914. The molecule has 0 fully saturated rings. The molecule has 0 unspecified atom stereocenters. The average Bonchev–Trinajstić information content (AvgIpc) is 2.94. The number of H-pyrrole nitrogens is 1. The number of halogens is 1. The molecule has 0 atom stereocenters. The number of aromatic amines is 1. The molecule has 120 valence electrons. The zero-order valence-corrected chi connectivity index (χ0v) is 14.9. The van der Waals surface area contributed by atoms with Crippen LogP contribution in [0.15, 0.2) is 84.9 Å². The van der Waals surface area contributed by atoms with Gasteiger partial charge in [-0.05, 0) is 23.3 Å². The lowest BCUT2D eigenvalue weighted by atomic mass is 10.1. The van der Waals surface area contributed by atoms with Gasteiger partial charge in [-0.25, -0.2) is 9.55 Å². The third-order valence-corrected chi connectivity index (χ3v) is 4.20. The molecule has 3 aromatic carbocycles. The predicted octanol–water partition coefficient (Wildman–Crippen LogP) is 1.10. The normalized spacial score (nSPS) is 10.5. The van der Waals surface area contributed by atoms with Crippen molar-refractivity contribution in [2.75, 3.05) is 0 Å². The summed E-state index contributed by atoms with van der Waals surface area (Å²) in [5.41, 5.74) is 5.08. The molecule has 1 aromatic heterocycles. The molecule has 1 heterocycles. The number of rotatable bonds is 4. The van der Waals surface area contributed by atoms with Crippen LogP contribution in [-0.4, -0.2) is 4.98 Å². The molecule has 0 spiro atoms. The van der Waals surface area contributed by atoms with Crippen LogP contribution in [0.3, 0.4) is 0 Å². The number of benzene rings is 3. The van der Waals surface area contributed by atoms with Gasteiger partial charge in [0.2, 0.25) is 0 Å². The minimum Gasteiger partial charge on any atom is -1.00 e. The number of nitrogens with one attached hydrogen (secondary N) is 1. The zero-order valence-electron chi connectivity index (χ0n) is 13.3. The number of nitrogens with zero attached hydrogens (tertiary/aromatic N) is 1. The molecular formula is C21H19BrN2. The molecular weight excluding hydrogens is 360 g/mol. The Balaban J connectivity index is 0.00000169. The predicted molar refractivity (Wildman–Crippen MR) is 93.3 cm³/mol. The highest BCUT2D eigenvalue weighted by atomic mass is 79.9. The second kappa shape index (κ2) is 7.45. The van der Waals surface area contributed by atoms with Gasteiger partial charge in [-0.1, -0.05) is 72.8 Å². The van der Waals surface area contributed by atoms with Crippen LogP contribution in [0, 0.1) is 0 Å². The van der Waals surface area contributed by atoms with Crippen LogP contribution in [0.2, 0.25) is 0 Å². The second-order valence-electron chi connectivity index (χ2n) is 5.82. The first-order valence-corrected chi connectivity index (χ1v) is 7.97. The highest BCUT2D eigenvalue weighted by molar-refractivity contribution is 5.71. The Morgan fingerprint density at radius 1 is 0.667 bits per heavy atom. The van der Waals surface area contributed by atoms with Gasteiger partial charge in [0.1, 0.15) is 6.54 Å². The maximum Gasteiger partial charge on any atom is 0.259 e. The molecule has 0 bridgehead atoms. The van der Waals surface area contributed by atoms with Crippen molar-refractivity contribution in [2.45, 2.75) is 13.0 Å². The lowest BCUT2D eigenvalue weighted by molar-refractivity contribution is -0.669. The summed E-state index contributed by atoms with van der Waals surface area (Å²) in [4.78, 5) is 3.60. The highest BCUT2D eigenvalue weighted by Gasteiger charge is 2.18. The monoisotopic (exact) mass is 378 g/mol. The highest BCUT2D eigenvalue weighted by Crippen LogP contribution is 2.13. The third kappa shape index (κ3) is 3.41. The molecule has 0 saturated carbocycles. The van der Waals surface area contributed by atoms with Crippen molar-refractivity contribution in [3.63, 3.8) is 0 Å². The minimum atomic E-state index is 0. The van der Waals surface area contributed by atoms with Crippen molar-refractivity contribution in [1.29, 1.82) is 0 Å². The summed E-state index contributed by atoms with van der Waals surface area (Å²) >= 11 is 0. The Hall–Kier alpha value is -2.39. The second-order valence-corrected chi connectivity index (χ2v) is 5.82. The molecule has 0 amide bonds. The zero-order chi connectivity index (χ0) is 15.5. The van der Waals surface area contributed by atoms with Gasteiger partial charge in [0.05, 0.1) is 6.42 Å². The summed E-state index contributed by atoms with van der Waals surface area (Å²) < 4.78 is 2.39. The van der Waals surface area contributed by atoms with Crippen LogP contribution < -0.4 is 21.5 Å². The van der Waals surface area contributed by atoms with Gasteiger partial charge < -0.3 is 17.0 Å². The van der Waals surface area contributed by atoms with Crippen molar-refractivity contribution < 1.29 is 21.5 Å². The van der Waals surface area contributed by atoms with Gasteiger partial charge >= 0.3 is 0 Å². The number of hydrogen-bond acceptors (Lipinski definition) is 0. The summed E-state index contributed by atoms with van der Waals surface area (Å²) in [5.74, 6) is 1.24. The van der Waals surface area contributed by atoms with Crippen LogP contribution in [-0.2, 0) is 13.0 Å². The summed E-state index contributed by atoms with van der Waals surface area (Å²) in [6.45, 7) is 0.882. The fourth-order valence-electron chi connectivity index (χ4n) is 3.06. The van der Waals surface area contributed by atoms with E-state index in [-0.39, 0.29) is 17.0 Å². The lowest BCUT2D eigenvalue weighted by Crippen LogP contribution is -3.00. The van der Waals surface area contributed by atoms with Gasteiger partial charge in [-0.2, -0.15) is 0 Å². The van der Waals surface area contributed by atoms with E-state index in [0.717, 1.165) is 13.0 Å². The lowest BCUT2D eigenvalue weighted by Gasteiger charge is -2.03. The molecule has 0 aliphatic heterocycles. The van der Waals surface area contributed by atoms with E-state index in [1.807, 2.05) is 0 Å².